The zero-order chi connectivity index (χ0) is 10.7. The first-order chi connectivity index (χ1) is 7.27. The van der Waals surface area contributed by atoms with Gasteiger partial charge in [0.05, 0.1) is 12.7 Å². The lowest BCUT2D eigenvalue weighted by Crippen LogP contribution is -2.36. The summed E-state index contributed by atoms with van der Waals surface area (Å²) in [6, 6.07) is 9.09. The maximum Gasteiger partial charge on any atom is 0.222 e. The summed E-state index contributed by atoms with van der Waals surface area (Å²) in [6.45, 7) is 2.54. The first-order valence-electron chi connectivity index (χ1n) is 5.13. The predicted octanol–water partition coefficient (Wildman–Crippen LogP) is 2.02. The van der Waals surface area contributed by atoms with Crippen LogP contribution in [-0.4, -0.2) is 24.8 Å². The molecule has 0 unspecified atom stereocenters. The van der Waals surface area contributed by atoms with E-state index in [0.29, 0.717) is 12.2 Å². The quantitative estimate of drug-likeness (QED) is 0.694. The van der Waals surface area contributed by atoms with E-state index in [0.717, 1.165) is 6.42 Å². The van der Waals surface area contributed by atoms with Crippen LogP contribution in [-0.2, 0) is 9.47 Å². The van der Waals surface area contributed by atoms with Crippen LogP contribution in [0.4, 0.5) is 0 Å². The molecule has 1 heterocycles. The number of carbonyl (C=O) groups excluding carboxylic acids is 1. The lowest BCUT2D eigenvalue weighted by Gasteiger charge is -2.26. The predicted molar refractivity (Wildman–Crippen MR) is 55.7 cm³/mol. The van der Waals surface area contributed by atoms with Crippen molar-refractivity contribution >= 4 is 5.78 Å². The number of hydrogen-bond acceptors (Lipinski definition) is 3. The number of ether oxygens (including phenoxy) is 2. The van der Waals surface area contributed by atoms with E-state index >= 15 is 0 Å². The number of hydrogen-bond donors (Lipinski definition) is 0. The molecule has 1 aromatic carbocycles. The number of benzene rings is 1. The second-order valence-corrected chi connectivity index (χ2v) is 3.67. The van der Waals surface area contributed by atoms with E-state index < -0.39 is 6.29 Å². The molecule has 1 aliphatic heterocycles. The Bertz CT molecular complexity index is 334. The minimum Gasteiger partial charge on any atom is -0.346 e. The van der Waals surface area contributed by atoms with Crippen molar-refractivity contribution in [1.29, 1.82) is 0 Å². The zero-order valence-electron chi connectivity index (χ0n) is 8.68. The zero-order valence-corrected chi connectivity index (χ0v) is 8.68. The van der Waals surface area contributed by atoms with Gasteiger partial charge in [0.25, 0.3) is 0 Å². The van der Waals surface area contributed by atoms with Gasteiger partial charge in [0.2, 0.25) is 12.1 Å². The first kappa shape index (κ1) is 10.3. The Morgan fingerprint density at radius 1 is 1.33 bits per heavy atom. The Morgan fingerprint density at radius 2 is 2.07 bits per heavy atom. The molecule has 3 heteroatoms. The standard InChI is InChI=1S/C12H14O3/c1-9-7-8-14-12(15-9)11(13)10-5-3-2-4-6-10/h2-6,9,12H,7-8H2,1H3/t9-,12+/m0/s1. The maximum atomic E-state index is 11.9. The van der Waals surface area contributed by atoms with Gasteiger partial charge < -0.3 is 9.47 Å². The van der Waals surface area contributed by atoms with E-state index in [4.69, 9.17) is 9.47 Å². The van der Waals surface area contributed by atoms with Crippen LogP contribution in [0.15, 0.2) is 30.3 Å². The van der Waals surface area contributed by atoms with Crippen LogP contribution in [0.3, 0.4) is 0 Å². The van der Waals surface area contributed by atoms with Crippen molar-refractivity contribution in [3.63, 3.8) is 0 Å². The van der Waals surface area contributed by atoms with Gasteiger partial charge in [-0.1, -0.05) is 30.3 Å². The number of carbonyl (C=O) groups is 1. The molecular formula is C12H14O3. The summed E-state index contributed by atoms with van der Waals surface area (Å²) in [5.41, 5.74) is 0.636. The highest BCUT2D eigenvalue weighted by atomic mass is 16.7. The fourth-order valence-electron chi connectivity index (χ4n) is 1.54. The third-order valence-corrected chi connectivity index (χ3v) is 2.42. The molecule has 0 spiro atoms. The SMILES string of the molecule is C[C@H]1CCO[C@@H](C(=O)c2ccccc2)O1. The molecule has 15 heavy (non-hydrogen) atoms. The average Bonchev–Trinajstić information content (AvgIpc) is 2.29. The summed E-state index contributed by atoms with van der Waals surface area (Å²) < 4.78 is 10.7. The Hall–Kier alpha value is -1.19. The lowest BCUT2D eigenvalue weighted by molar-refractivity contribution is -0.180. The summed E-state index contributed by atoms with van der Waals surface area (Å²) in [5.74, 6) is -0.0952. The Morgan fingerprint density at radius 3 is 2.73 bits per heavy atom. The van der Waals surface area contributed by atoms with Gasteiger partial charge in [-0.05, 0) is 13.3 Å². The molecule has 1 aromatic rings. The van der Waals surface area contributed by atoms with Gasteiger partial charge in [-0.2, -0.15) is 0 Å². The second kappa shape index (κ2) is 4.55. The molecule has 0 radical (unpaired) electrons. The molecule has 0 aromatic heterocycles. The van der Waals surface area contributed by atoms with Crippen LogP contribution >= 0.6 is 0 Å². The fraction of sp³-hybridized carbons (Fsp3) is 0.417. The van der Waals surface area contributed by atoms with Crippen molar-refractivity contribution < 1.29 is 14.3 Å². The normalized spacial score (nSPS) is 26.2. The van der Waals surface area contributed by atoms with E-state index in [1.54, 1.807) is 12.1 Å². The van der Waals surface area contributed by atoms with Gasteiger partial charge >= 0.3 is 0 Å². The van der Waals surface area contributed by atoms with Gasteiger partial charge in [0, 0.05) is 5.56 Å². The van der Waals surface area contributed by atoms with E-state index in [1.165, 1.54) is 0 Å². The van der Waals surface area contributed by atoms with E-state index in [1.807, 2.05) is 25.1 Å². The average molecular weight is 206 g/mol. The third-order valence-electron chi connectivity index (χ3n) is 2.42. The van der Waals surface area contributed by atoms with Gasteiger partial charge in [-0.25, -0.2) is 0 Å². The molecule has 2 atom stereocenters. The van der Waals surface area contributed by atoms with Crippen molar-refractivity contribution in [2.75, 3.05) is 6.61 Å². The molecular weight excluding hydrogens is 192 g/mol. The van der Waals surface area contributed by atoms with Crippen LogP contribution < -0.4 is 0 Å². The molecule has 0 bridgehead atoms. The fourth-order valence-corrected chi connectivity index (χ4v) is 1.54. The Balaban J connectivity index is 2.08. The minimum absolute atomic E-state index is 0.0939. The van der Waals surface area contributed by atoms with Gasteiger partial charge in [0.1, 0.15) is 0 Å². The van der Waals surface area contributed by atoms with Crippen molar-refractivity contribution in [3.8, 4) is 0 Å². The minimum atomic E-state index is -0.726. The summed E-state index contributed by atoms with van der Waals surface area (Å²) >= 11 is 0. The molecule has 0 aliphatic carbocycles. The van der Waals surface area contributed by atoms with Gasteiger partial charge in [-0.15, -0.1) is 0 Å². The largest absolute Gasteiger partial charge is 0.346 e. The molecule has 1 saturated heterocycles. The number of rotatable bonds is 2. The molecule has 1 fully saturated rings. The number of ketones is 1. The summed E-state index contributed by atoms with van der Waals surface area (Å²) in [4.78, 5) is 11.9. The maximum absolute atomic E-state index is 11.9. The second-order valence-electron chi connectivity index (χ2n) is 3.67. The van der Waals surface area contributed by atoms with Crippen LogP contribution in [0.1, 0.15) is 23.7 Å². The highest BCUT2D eigenvalue weighted by Crippen LogP contribution is 2.16. The molecule has 2 rings (SSSR count). The molecule has 80 valence electrons. The van der Waals surface area contributed by atoms with Gasteiger partial charge in [0.15, 0.2) is 0 Å². The molecule has 1 aliphatic rings. The summed E-state index contributed by atoms with van der Waals surface area (Å²) in [7, 11) is 0. The Kier molecular flexibility index (Phi) is 3.14. The highest BCUT2D eigenvalue weighted by Gasteiger charge is 2.27. The van der Waals surface area contributed by atoms with Crippen molar-refractivity contribution in [3.05, 3.63) is 35.9 Å². The molecule has 0 amide bonds. The van der Waals surface area contributed by atoms with Crippen LogP contribution in [0.2, 0.25) is 0 Å². The molecule has 0 saturated carbocycles. The smallest absolute Gasteiger partial charge is 0.222 e. The van der Waals surface area contributed by atoms with E-state index in [2.05, 4.69) is 0 Å². The van der Waals surface area contributed by atoms with E-state index in [-0.39, 0.29) is 11.9 Å². The van der Waals surface area contributed by atoms with Crippen LogP contribution in [0, 0.1) is 0 Å². The third kappa shape index (κ3) is 2.43. The van der Waals surface area contributed by atoms with Gasteiger partial charge in [-0.3, -0.25) is 4.79 Å². The molecule has 3 nitrogen and oxygen atoms in total. The summed E-state index contributed by atoms with van der Waals surface area (Å²) in [6.07, 6.45) is 0.214. The van der Waals surface area contributed by atoms with Crippen molar-refractivity contribution in [2.45, 2.75) is 25.7 Å². The monoisotopic (exact) mass is 206 g/mol. The molecule has 0 N–H and O–H groups in total. The Labute approximate surface area is 89.0 Å². The van der Waals surface area contributed by atoms with E-state index in [9.17, 15) is 4.79 Å². The lowest BCUT2D eigenvalue weighted by atomic mass is 10.1. The van der Waals surface area contributed by atoms with Crippen molar-refractivity contribution in [1.82, 2.24) is 0 Å². The van der Waals surface area contributed by atoms with Crippen LogP contribution in [0.5, 0.6) is 0 Å². The topological polar surface area (TPSA) is 35.5 Å². The van der Waals surface area contributed by atoms with Crippen molar-refractivity contribution in [2.24, 2.45) is 0 Å². The first-order valence-corrected chi connectivity index (χ1v) is 5.13. The number of Topliss-reactive ketones (excluding diaryl/α,β-unsaturated/α-hetero) is 1. The van der Waals surface area contributed by atoms with Crippen LogP contribution in [0.25, 0.3) is 0 Å². The highest BCUT2D eigenvalue weighted by molar-refractivity contribution is 5.98. The summed E-state index contributed by atoms with van der Waals surface area (Å²) in [5, 5.41) is 0.